The number of ether oxygens (including phenoxy) is 1. The monoisotopic (exact) mass is 313 g/mol. The summed E-state index contributed by atoms with van der Waals surface area (Å²) in [5.74, 6) is -1.31. The molecule has 1 aliphatic rings. The van der Waals surface area contributed by atoms with Crippen LogP contribution in [0.15, 0.2) is 24.3 Å². The molecule has 0 bridgehead atoms. The molecule has 0 amide bonds. The minimum absolute atomic E-state index is 0.0705. The first-order valence-corrected chi connectivity index (χ1v) is 8.53. The highest BCUT2D eigenvalue weighted by atomic mass is 32.2. The summed E-state index contributed by atoms with van der Waals surface area (Å²) in [4.78, 5) is 10.9. The predicted octanol–water partition coefficient (Wildman–Crippen LogP) is 1.37. The number of benzene rings is 1. The molecule has 0 radical (unpaired) electrons. The van der Waals surface area contributed by atoms with Gasteiger partial charge in [0.25, 0.3) is 0 Å². The van der Waals surface area contributed by atoms with Gasteiger partial charge in [-0.2, -0.15) is 0 Å². The highest BCUT2D eigenvalue weighted by Crippen LogP contribution is 2.13. The number of carboxylic acid groups (broad SMARTS) is 1. The van der Waals surface area contributed by atoms with Crippen LogP contribution in [0, 0.1) is 0 Å². The molecule has 1 unspecified atom stereocenters. The van der Waals surface area contributed by atoms with Gasteiger partial charge < -0.3 is 9.84 Å². The highest BCUT2D eigenvalue weighted by Gasteiger charge is 2.18. The van der Waals surface area contributed by atoms with Crippen LogP contribution in [-0.4, -0.2) is 38.7 Å². The van der Waals surface area contributed by atoms with E-state index in [1.165, 1.54) is 12.1 Å². The molecular formula is C14H19NO5S. The fourth-order valence-electron chi connectivity index (χ4n) is 2.25. The van der Waals surface area contributed by atoms with Gasteiger partial charge in [0.1, 0.15) is 0 Å². The average molecular weight is 313 g/mol. The summed E-state index contributed by atoms with van der Waals surface area (Å²) in [6, 6.07) is 5.95. The summed E-state index contributed by atoms with van der Waals surface area (Å²) in [6.07, 6.45) is 2.86. The molecule has 7 heteroatoms. The molecule has 0 saturated carbocycles. The Kier molecular flexibility index (Phi) is 5.33. The highest BCUT2D eigenvalue weighted by molar-refractivity contribution is 7.88. The molecule has 0 aliphatic carbocycles. The molecule has 1 saturated heterocycles. The van der Waals surface area contributed by atoms with Crippen molar-refractivity contribution in [3.63, 3.8) is 0 Å². The molecule has 1 fully saturated rings. The Morgan fingerprint density at radius 2 is 2.19 bits per heavy atom. The van der Waals surface area contributed by atoms with E-state index in [-0.39, 0.29) is 24.0 Å². The number of carboxylic acids is 1. The topological polar surface area (TPSA) is 92.7 Å². The Labute approximate surface area is 124 Å². The molecule has 1 heterocycles. The summed E-state index contributed by atoms with van der Waals surface area (Å²) in [5, 5.41) is 8.90. The molecule has 0 aromatic heterocycles. The third kappa shape index (κ3) is 5.11. The molecular weight excluding hydrogens is 294 g/mol. The zero-order valence-corrected chi connectivity index (χ0v) is 12.4. The minimum atomic E-state index is -3.50. The number of rotatable bonds is 6. The fourth-order valence-corrected chi connectivity index (χ4v) is 3.41. The van der Waals surface area contributed by atoms with Crippen molar-refractivity contribution in [3.8, 4) is 0 Å². The normalized spacial score (nSPS) is 19.3. The van der Waals surface area contributed by atoms with E-state index in [0.717, 1.165) is 19.3 Å². The molecule has 6 nitrogen and oxygen atoms in total. The van der Waals surface area contributed by atoms with Crippen LogP contribution in [0.3, 0.4) is 0 Å². The van der Waals surface area contributed by atoms with Crippen molar-refractivity contribution in [2.24, 2.45) is 0 Å². The lowest BCUT2D eigenvalue weighted by molar-refractivity contribution is 0.0200. The molecule has 1 aromatic rings. The summed E-state index contributed by atoms with van der Waals surface area (Å²) in [6.45, 7) is 0.938. The number of hydrogen-bond acceptors (Lipinski definition) is 4. The Morgan fingerprint density at radius 1 is 1.38 bits per heavy atom. The van der Waals surface area contributed by atoms with Crippen molar-refractivity contribution in [2.45, 2.75) is 31.1 Å². The van der Waals surface area contributed by atoms with Gasteiger partial charge in [-0.05, 0) is 37.0 Å². The average Bonchev–Trinajstić information content (AvgIpc) is 2.46. The van der Waals surface area contributed by atoms with Gasteiger partial charge in [0, 0.05) is 13.2 Å². The molecule has 1 aliphatic heterocycles. The van der Waals surface area contributed by atoms with E-state index in [1.54, 1.807) is 12.1 Å². The SMILES string of the molecule is O=C(O)c1cccc(CS(=O)(=O)NCC2CCCCO2)c1. The van der Waals surface area contributed by atoms with Crippen LogP contribution in [0.5, 0.6) is 0 Å². The first-order valence-electron chi connectivity index (χ1n) is 6.87. The first kappa shape index (κ1) is 15.9. The summed E-state index contributed by atoms with van der Waals surface area (Å²) >= 11 is 0. The van der Waals surface area contributed by atoms with E-state index in [4.69, 9.17) is 9.84 Å². The van der Waals surface area contributed by atoms with E-state index in [2.05, 4.69) is 4.72 Å². The second kappa shape index (κ2) is 7.02. The van der Waals surface area contributed by atoms with E-state index in [1.807, 2.05) is 0 Å². The van der Waals surface area contributed by atoms with Crippen molar-refractivity contribution < 1.29 is 23.1 Å². The second-order valence-corrected chi connectivity index (χ2v) is 6.91. The van der Waals surface area contributed by atoms with Crippen molar-refractivity contribution in [2.75, 3.05) is 13.2 Å². The Balaban J connectivity index is 1.93. The number of nitrogens with one attached hydrogen (secondary N) is 1. The maximum absolute atomic E-state index is 12.0. The molecule has 116 valence electrons. The number of sulfonamides is 1. The maximum Gasteiger partial charge on any atom is 0.335 e. The van der Waals surface area contributed by atoms with Crippen LogP contribution < -0.4 is 4.72 Å². The van der Waals surface area contributed by atoms with Gasteiger partial charge in [0.05, 0.1) is 17.4 Å². The van der Waals surface area contributed by atoms with E-state index < -0.39 is 16.0 Å². The molecule has 1 aromatic carbocycles. The molecule has 1 atom stereocenters. The largest absolute Gasteiger partial charge is 0.478 e. The van der Waals surface area contributed by atoms with Crippen LogP contribution in [0.1, 0.15) is 35.2 Å². The summed E-state index contributed by atoms with van der Waals surface area (Å²) < 4.78 is 32.0. The Hall–Kier alpha value is -1.44. The van der Waals surface area contributed by atoms with E-state index >= 15 is 0 Å². The number of aromatic carboxylic acids is 1. The van der Waals surface area contributed by atoms with Gasteiger partial charge >= 0.3 is 5.97 Å². The van der Waals surface area contributed by atoms with Crippen LogP contribution in [0.4, 0.5) is 0 Å². The van der Waals surface area contributed by atoms with Gasteiger partial charge in [0.15, 0.2) is 0 Å². The van der Waals surface area contributed by atoms with Gasteiger partial charge in [0.2, 0.25) is 10.0 Å². The van der Waals surface area contributed by atoms with E-state index in [9.17, 15) is 13.2 Å². The fraction of sp³-hybridized carbons (Fsp3) is 0.500. The second-order valence-electron chi connectivity index (χ2n) is 5.10. The van der Waals surface area contributed by atoms with Gasteiger partial charge in [-0.25, -0.2) is 17.9 Å². The third-order valence-corrected chi connectivity index (χ3v) is 4.66. The van der Waals surface area contributed by atoms with Crippen molar-refractivity contribution in [3.05, 3.63) is 35.4 Å². The van der Waals surface area contributed by atoms with Crippen LogP contribution in [-0.2, 0) is 20.5 Å². The van der Waals surface area contributed by atoms with E-state index in [0.29, 0.717) is 12.2 Å². The minimum Gasteiger partial charge on any atom is -0.478 e. The molecule has 2 rings (SSSR count). The lowest BCUT2D eigenvalue weighted by atomic mass is 10.1. The quantitative estimate of drug-likeness (QED) is 0.827. The van der Waals surface area contributed by atoms with Crippen molar-refractivity contribution in [1.82, 2.24) is 4.72 Å². The van der Waals surface area contributed by atoms with Crippen molar-refractivity contribution in [1.29, 1.82) is 0 Å². The lowest BCUT2D eigenvalue weighted by Crippen LogP contribution is -2.36. The van der Waals surface area contributed by atoms with Crippen LogP contribution in [0.2, 0.25) is 0 Å². The van der Waals surface area contributed by atoms with Gasteiger partial charge in [-0.1, -0.05) is 12.1 Å². The Bertz CT molecular complexity index is 593. The summed E-state index contributed by atoms with van der Waals surface area (Å²) in [5.41, 5.74) is 0.533. The molecule has 2 N–H and O–H groups in total. The lowest BCUT2D eigenvalue weighted by Gasteiger charge is -2.22. The molecule has 0 spiro atoms. The zero-order chi connectivity index (χ0) is 15.3. The van der Waals surface area contributed by atoms with Gasteiger partial charge in [-0.15, -0.1) is 0 Å². The van der Waals surface area contributed by atoms with Crippen molar-refractivity contribution >= 4 is 16.0 Å². The zero-order valence-electron chi connectivity index (χ0n) is 11.6. The third-order valence-electron chi connectivity index (χ3n) is 3.34. The first-order chi connectivity index (χ1) is 9.96. The Morgan fingerprint density at radius 3 is 2.86 bits per heavy atom. The predicted molar refractivity (Wildman–Crippen MR) is 77.6 cm³/mol. The number of carbonyl (C=O) groups is 1. The smallest absolute Gasteiger partial charge is 0.335 e. The van der Waals surface area contributed by atoms with Crippen LogP contribution in [0.25, 0.3) is 0 Å². The maximum atomic E-state index is 12.0. The molecule has 21 heavy (non-hydrogen) atoms. The van der Waals surface area contributed by atoms with Gasteiger partial charge in [-0.3, -0.25) is 0 Å². The van der Waals surface area contributed by atoms with Crippen LogP contribution >= 0.6 is 0 Å². The standard InChI is InChI=1S/C14H19NO5S/c16-14(17)12-5-3-4-11(8-12)10-21(18,19)15-9-13-6-1-2-7-20-13/h3-5,8,13,15H,1-2,6-7,9-10H2,(H,16,17). The number of hydrogen-bond donors (Lipinski definition) is 2. The summed E-state index contributed by atoms with van der Waals surface area (Å²) in [7, 11) is -3.50.